The molecule has 9 nitrogen and oxygen atoms in total. The van der Waals surface area contributed by atoms with Gasteiger partial charge in [0, 0.05) is 24.4 Å². The van der Waals surface area contributed by atoms with Crippen molar-refractivity contribution in [2.45, 2.75) is 39.2 Å². The van der Waals surface area contributed by atoms with Crippen LogP contribution < -0.4 is 4.74 Å². The number of thioether (sulfide) groups is 1. The van der Waals surface area contributed by atoms with Gasteiger partial charge in [-0.25, -0.2) is 9.79 Å². The molecule has 2 aromatic rings. The van der Waals surface area contributed by atoms with Crippen molar-refractivity contribution in [3.8, 4) is 5.75 Å². The zero-order chi connectivity index (χ0) is 29.6. The van der Waals surface area contributed by atoms with E-state index in [4.69, 9.17) is 19.2 Å². The van der Waals surface area contributed by atoms with E-state index < -0.39 is 12.0 Å². The Morgan fingerprint density at radius 1 is 1.00 bits per heavy atom. The van der Waals surface area contributed by atoms with E-state index in [0.717, 1.165) is 23.2 Å². The lowest BCUT2D eigenvalue weighted by atomic mass is 9.91. The first-order valence-corrected chi connectivity index (χ1v) is 15.1. The Hall–Kier alpha value is -4.05. The number of carbonyl (C=O) groups is 3. The highest BCUT2D eigenvalue weighted by molar-refractivity contribution is 8.16. The van der Waals surface area contributed by atoms with Gasteiger partial charge in [0.15, 0.2) is 5.17 Å². The van der Waals surface area contributed by atoms with Gasteiger partial charge < -0.3 is 24.0 Å². The number of esters is 2. The van der Waals surface area contributed by atoms with Gasteiger partial charge in [0.05, 0.1) is 50.0 Å². The minimum Gasteiger partial charge on any atom is -0.497 e. The number of hydrogen-bond donors (Lipinski definition) is 0. The number of aliphatic imine (C=N–C) groups is 1. The molecular formula is C32H35N3O6S. The van der Waals surface area contributed by atoms with E-state index >= 15 is 0 Å². The van der Waals surface area contributed by atoms with E-state index in [1.807, 2.05) is 64.9 Å². The predicted molar refractivity (Wildman–Crippen MR) is 161 cm³/mol. The second kappa shape index (κ2) is 13.3. The normalized spacial score (nSPS) is 20.0. The SMILES string of the molecule is CCOC(=O)C1=C(c2ccccc2)N=C2SC=C(CC(=O)N3CCC[C@@H](C(=O)OCC)C3)N2[C@H]1c1ccc(OC)cc1. The van der Waals surface area contributed by atoms with Crippen LogP contribution in [0.15, 0.2) is 76.3 Å². The molecule has 0 radical (unpaired) electrons. The highest BCUT2D eigenvalue weighted by atomic mass is 32.2. The highest BCUT2D eigenvalue weighted by Crippen LogP contribution is 2.47. The fraction of sp³-hybridized carbons (Fsp3) is 0.375. The molecule has 3 heterocycles. The number of methoxy groups -OCH3 is 1. The molecule has 2 atom stereocenters. The lowest BCUT2D eigenvalue weighted by Crippen LogP contribution is -2.44. The van der Waals surface area contributed by atoms with Crippen LogP contribution in [-0.2, 0) is 23.9 Å². The van der Waals surface area contributed by atoms with E-state index in [0.29, 0.717) is 48.3 Å². The second-order valence-corrected chi connectivity index (χ2v) is 11.0. The lowest BCUT2D eigenvalue weighted by Gasteiger charge is -2.37. The van der Waals surface area contributed by atoms with Gasteiger partial charge in [-0.05, 0) is 49.8 Å². The van der Waals surface area contributed by atoms with Crippen LogP contribution in [0.3, 0.4) is 0 Å². The van der Waals surface area contributed by atoms with E-state index in [1.54, 1.807) is 25.9 Å². The molecular weight excluding hydrogens is 554 g/mol. The second-order valence-electron chi connectivity index (χ2n) is 10.1. The molecule has 0 saturated carbocycles. The summed E-state index contributed by atoms with van der Waals surface area (Å²) in [5.41, 5.74) is 3.31. The summed E-state index contributed by atoms with van der Waals surface area (Å²) in [5, 5.41) is 2.60. The van der Waals surface area contributed by atoms with Gasteiger partial charge in [0.2, 0.25) is 5.91 Å². The number of hydrogen-bond acceptors (Lipinski definition) is 9. The number of likely N-dealkylation sites (tertiary alicyclic amines) is 1. The molecule has 1 amide bonds. The number of fused-ring (bicyclic) bond motifs is 1. The number of ether oxygens (including phenoxy) is 3. The molecule has 10 heteroatoms. The molecule has 0 bridgehead atoms. The smallest absolute Gasteiger partial charge is 0.338 e. The number of nitrogens with zero attached hydrogens (tertiary/aromatic N) is 3. The maximum absolute atomic E-state index is 13.7. The fourth-order valence-electron chi connectivity index (χ4n) is 5.51. The third-order valence-electron chi connectivity index (χ3n) is 7.51. The van der Waals surface area contributed by atoms with Gasteiger partial charge >= 0.3 is 11.9 Å². The van der Waals surface area contributed by atoms with Crippen LogP contribution in [0.5, 0.6) is 5.75 Å². The molecule has 1 saturated heterocycles. The molecule has 0 spiro atoms. The Balaban J connectivity index is 1.51. The maximum Gasteiger partial charge on any atom is 0.338 e. The number of rotatable bonds is 9. The third kappa shape index (κ3) is 6.09. The molecule has 42 heavy (non-hydrogen) atoms. The summed E-state index contributed by atoms with van der Waals surface area (Å²) >= 11 is 1.42. The standard InChI is InChI=1S/C32H35N3O6S/c1-4-40-30(37)23-12-9-17-34(19-23)26(36)18-24-20-42-32-33-28(21-10-7-6-8-11-21)27(31(38)41-5-2)29(35(24)32)22-13-15-25(39-3)16-14-22/h6-8,10-11,13-16,20,23,29H,4-5,9,12,17-19H2,1-3H3/t23-,29+/m1/s1. The summed E-state index contributed by atoms with van der Waals surface area (Å²) in [6.07, 6.45) is 1.55. The van der Waals surface area contributed by atoms with Gasteiger partial charge in [0.1, 0.15) is 5.75 Å². The Bertz CT molecular complexity index is 1420. The highest BCUT2D eigenvalue weighted by Gasteiger charge is 2.43. The first-order chi connectivity index (χ1) is 20.4. The summed E-state index contributed by atoms with van der Waals surface area (Å²) in [7, 11) is 1.61. The van der Waals surface area contributed by atoms with E-state index in [-0.39, 0.29) is 30.8 Å². The van der Waals surface area contributed by atoms with Crippen LogP contribution in [-0.4, -0.2) is 66.2 Å². The molecule has 2 aromatic carbocycles. The van der Waals surface area contributed by atoms with Crippen molar-refractivity contribution in [3.05, 3.63) is 82.4 Å². The summed E-state index contributed by atoms with van der Waals surface area (Å²) in [4.78, 5) is 48.3. The number of piperidine rings is 1. The molecule has 3 aliphatic heterocycles. The van der Waals surface area contributed by atoms with Crippen LogP contribution in [0.2, 0.25) is 0 Å². The van der Waals surface area contributed by atoms with Crippen molar-refractivity contribution < 1.29 is 28.6 Å². The minimum absolute atomic E-state index is 0.0823. The van der Waals surface area contributed by atoms with Crippen molar-refractivity contribution in [2.24, 2.45) is 10.9 Å². The van der Waals surface area contributed by atoms with Crippen LogP contribution >= 0.6 is 11.8 Å². The van der Waals surface area contributed by atoms with Crippen molar-refractivity contribution in [2.75, 3.05) is 33.4 Å². The first-order valence-electron chi connectivity index (χ1n) is 14.2. The molecule has 1 fully saturated rings. The molecule has 220 valence electrons. The monoisotopic (exact) mass is 589 g/mol. The van der Waals surface area contributed by atoms with Crippen molar-refractivity contribution in [1.82, 2.24) is 9.80 Å². The molecule has 0 aromatic heterocycles. The first kappa shape index (κ1) is 29.4. The average Bonchev–Trinajstić information content (AvgIpc) is 3.43. The number of carbonyl (C=O) groups excluding carboxylic acids is 3. The van der Waals surface area contributed by atoms with Crippen LogP contribution in [0, 0.1) is 5.92 Å². The van der Waals surface area contributed by atoms with Crippen molar-refractivity contribution in [1.29, 1.82) is 0 Å². The topological polar surface area (TPSA) is 97.7 Å². The summed E-state index contributed by atoms with van der Waals surface area (Å²) in [5.74, 6) is -0.429. The van der Waals surface area contributed by atoms with Crippen LogP contribution in [0.4, 0.5) is 0 Å². The van der Waals surface area contributed by atoms with Gasteiger partial charge in [-0.3, -0.25) is 9.59 Å². The zero-order valence-electron chi connectivity index (χ0n) is 24.1. The maximum atomic E-state index is 13.7. The predicted octanol–water partition coefficient (Wildman–Crippen LogP) is 5.16. The summed E-state index contributed by atoms with van der Waals surface area (Å²) in [6, 6.07) is 16.6. The molecule has 0 N–H and O–H groups in total. The Kier molecular flexibility index (Phi) is 9.31. The van der Waals surface area contributed by atoms with Crippen molar-refractivity contribution in [3.63, 3.8) is 0 Å². The average molecular weight is 590 g/mol. The Labute approximate surface area is 250 Å². The minimum atomic E-state index is -0.583. The molecule has 3 aliphatic rings. The Morgan fingerprint density at radius 2 is 1.74 bits per heavy atom. The third-order valence-corrected chi connectivity index (χ3v) is 8.40. The van der Waals surface area contributed by atoms with Gasteiger partial charge in [0.25, 0.3) is 0 Å². The molecule has 0 aliphatic carbocycles. The summed E-state index contributed by atoms with van der Waals surface area (Å²) in [6.45, 7) is 5.02. The number of benzene rings is 2. The van der Waals surface area contributed by atoms with Gasteiger partial charge in [-0.2, -0.15) is 0 Å². The number of amidine groups is 1. The van der Waals surface area contributed by atoms with E-state index in [1.165, 1.54) is 11.8 Å². The van der Waals surface area contributed by atoms with Crippen LogP contribution in [0.1, 0.15) is 50.3 Å². The van der Waals surface area contributed by atoms with Gasteiger partial charge in [-0.15, -0.1) is 0 Å². The number of amides is 1. The van der Waals surface area contributed by atoms with E-state index in [2.05, 4.69) is 0 Å². The fourth-order valence-corrected chi connectivity index (χ4v) is 6.43. The molecule has 5 rings (SSSR count). The largest absolute Gasteiger partial charge is 0.497 e. The quantitative estimate of drug-likeness (QED) is 0.370. The molecule has 0 unspecified atom stereocenters. The summed E-state index contributed by atoms with van der Waals surface area (Å²) < 4.78 is 16.2. The van der Waals surface area contributed by atoms with Crippen molar-refractivity contribution >= 4 is 40.5 Å². The lowest BCUT2D eigenvalue weighted by molar-refractivity contribution is -0.151. The van der Waals surface area contributed by atoms with Crippen LogP contribution in [0.25, 0.3) is 5.70 Å². The van der Waals surface area contributed by atoms with Gasteiger partial charge in [-0.1, -0.05) is 54.2 Å². The van der Waals surface area contributed by atoms with E-state index in [9.17, 15) is 14.4 Å². The Morgan fingerprint density at radius 3 is 2.43 bits per heavy atom. The zero-order valence-corrected chi connectivity index (χ0v) is 24.9.